The lowest BCUT2D eigenvalue weighted by Gasteiger charge is -2.28. The lowest BCUT2D eigenvalue weighted by molar-refractivity contribution is 0.274. The van der Waals surface area contributed by atoms with E-state index in [2.05, 4.69) is 10.3 Å². The van der Waals surface area contributed by atoms with E-state index >= 15 is 0 Å². The minimum absolute atomic E-state index is 0.0425. The first-order valence-electron chi connectivity index (χ1n) is 6.14. The molecule has 0 fully saturated rings. The van der Waals surface area contributed by atoms with Gasteiger partial charge in [-0.3, -0.25) is 0 Å². The SMILES string of the molecule is Clc1cc(Cl)c2c(c1)C(Nc1cccc(Cl)n1)CCO2. The molecule has 2 aromatic rings. The summed E-state index contributed by atoms with van der Waals surface area (Å²) < 4.78 is 5.62. The van der Waals surface area contributed by atoms with Crippen molar-refractivity contribution in [3.05, 3.63) is 51.1 Å². The van der Waals surface area contributed by atoms with Gasteiger partial charge in [-0.25, -0.2) is 4.98 Å². The van der Waals surface area contributed by atoms with Crippen LogP contribution in [0.4, 0.5) is 5.82 Å². The number of fused-ring (bicyclic) bond motifs is 1. The minimum Gasteiger partial charge on any atom is -0.492 e. The number of pyridine rings is 1. The average Bonchev–Trinajstić information content (AvgIpc) is 2.40. The lowest BCUT2D eigenvalue weighted by atomic mass is 10.0. The van der Waals surface area contributed by atoms with Crippen LogP contribution >= 0.6 is 34.8 Å². The van der Waals surface area contributed by atoms with Crippen LogP contribution in [0.15, 0.2) is 30.3 Å². The van der Waals surface area contributed by atoms with Crippen LogP contribution in [0.2, 0.25) is 15.2 Å². The van der Waals surface area contributed by atoms with Gasteiger partial charge in [0.15, 0.2) is 0 Å². The largest absolute Gasteiger partial charge is 0.492 e. The first kappa shape index (κ1) is 13.8. The third-order valence-corrected chi connectivity index (χ3v) is 3.81. The van der Waals surface area contributed by atoms with Crippen molar-refractivity contribution >= 4 is 40.6 Å². The molecule has 0 bridgehead atoms. The summed E-state index contributed by atoms with van der Waals surface area (Å²) in [6.45, 7) is 0.590. The van der Waals surface area contributed by atoms with E-state index in [0.29, 0.717) is 33.4 Å². The summed E-state index contributed by atoms with van der Waals surface area (Å²) in [6.07, 6.45) is 0.803. The van der Waals surface area contributed by atoms with Gasteiger partial charge < -0.3 is 10.1 Å². The van der Waals surface area contributed by atoms with Crippen LogP contribution in [0.5, 0.6) is 5.75 Å². The van der Waals surface area contributed by atoms with Crippen LogP contribution in [0.1, 0.15) is 18.0 Å². The van der Waals surface area contributed by atoms with E-state index in [-0.39, 0.29) is 6.04 Å². The Morgan fingerprint density at radius 1 is 1.20 bits per heavy atom. The molecule has 20 heavy (non-hydrogen) atoms. The van der Waals surface area contributed by atoms with Gasteiger partial charge in [0, 0.05) is 17.0 Å². The van der Waals surface area contributed by atoms with Gasteiger partial charge in [0.2, 0.25) is 0 Å². The number of ether oxygens (including phenoxy) is 1. The van der Waals surface area contributed by atoms with Crippen LogP contribution in [-0.4, -0.2) is 11.6 Å². The zero-order valence-corrected chi connectivity index (χ0v) is 12.6. The fourth-order valence-electron chi connectivity index (χ4n) is 2.24. The second-order valence-electron chi connectivity index (χ2n) is 4.49. The molecule has 3 rings (SSSR count). The zero-order valence-electron chi connectivity index (χ0n) is 10.4. The summed E-state index contributed by atoms with van der Waals surface area (Å²) in [4.78, 5) is 4.23. The van der Waals surface area contributed by atoms with Gasteiger partial charge in [0.05, 0.1) is 17.7 Å². The van der Waals surface area contributed by atoms with Gasteiger partial charge in [-0.2, -0.15) is 0 Å². The molecule has 3 nitrogen and oxygen atoms in total. The molecule has 1 aliphatic heterocycles. The number of hydrogen-bond donors (Lipinski definition) is 1. The van der Waals surface area contributed by atoms with Gasteiger partial charge in [0.25, 0.3) is 0 Å². The van der Waals surface area contributed by atoms with E-state index in [1.165, 1.54) is 0 Å². The number of rotatable bonds is 2. The quantitative estimate of drug-likeness (QED) is 0.789. The van der Waals surface area contributed by atoms with Crippen molar-refractivity contribution in [2.24, 2.45) is 0 Å². The number of nitrogens with one attached hydrogen (secondary N) is 1. The molecule has 0 saturated heterocycles. The smallest absolute Gasteiger partial charge is 0.143 e. The molecule has 1 N–H and O–H groups in total. The Bertz CT molecular complexity index is 648. The molecule has 0 aliphatic carbocycles. The highest BCUT2D eigenvalue weighted by atomic mass is 35.5. The fraction of sp³-hybridized carbons (Fsp3) is 0.214. The molecule has 0 spiro atoms. The van der Waals surface area contributed by atoms with E-state index in [1.54, 1.807) is 12.1 Å². The Morgan fingerprint density at radius 2 is 2.05 bits per heavy atom. The van der Waals surface area contributed by atoms with Gasteiger partial charge in [-0.05, 0) is 24.3 Å². The Hall–Kier alpha value is -1.16. The maximum Gasteiger partial charge on any atom is 0.143 e. The maximum atomic E-state index is 6.17. The van der Waals surface area contributed by atoms with E-state index in [1.807, 2.05) is 18.2 Å². The predicted molar refractivity (Wildman–Crippen MR) is 82.2 cm³/mol. The molecule has 104 valence electrons. The molecule has 2 heterocycles. The van der Waals surface area contributed by atoms with Gasteiger partial charge in [0.1, 0.15) is 16.7 Å². The molecule has 0 radical (unpaired) electrons. The van der Waals surface area contributed by atoms with Crippen molar-refractivity contribution in [3.8, 4) is 5.75 Å². The van der Waals surface area contributed by atoms with E-state index in [4.69, 9.17) is 39.5 Å². The van der Waals surface area contributed by atoms with E-state index < -0.39 is 0 Å². The summed E-state index contributed by atoms with van der Waals surface area (Å²) in [6, 6.07) is 9.04. The second-order valence-corrected chi connectivity index (χ2v) is 5.72. The normalized spacial score (nSPS) is 17.2. The number of nitrogens with zero attached hydrogens (tertiary/aromatic N) is 1. The lowest BCUT2D eigenvalue weighted by Crippen LogP contribution is -2.21. The highest BCUT2D eigenvalue weighted by Crippen LogP contribution is 2.41. The van der Waals surface area contributed by atoms with Crippen molar-refractivity contribution in [2.45, 2.75) is 12.5 Å². The maximum absolute atomic E-state index is 6.17. The highest BCUT2D eigenvalue weighted by molar-refractivity contribution is 6.35. The first-order chi connectivity index (χ1) is 9.63. The van der Waals surface area contributed by atoms with Crippen LogP contribution in [0.3, 0.4) is 0 Å². The second kappa shape index (κ2) is 5.68. The van der Waals surface area contributed by atoms with Crippen LogP contribution in [0.25, 0.3) is 0 Å². The molecule has 0 amide bonds. The third-order valence-electron chi connectivity index (χ3n) is 3.10. The monoisotopic (exact) mass is 328 g/mol. The van der Waals surface area contributed by atoms with Gasteiger partial charge >= 0.3 is 0 Å². The molecule has 1 aromatic heterocycles. The van der Waals surface area contributed by atoms with Crippen LogP contribution in [0, 0.1) is 0 Å². The molecule has 1 atom stereocenters. The van der Waals surface area contributed by atoms with Crippen molar-refractivity contribution in [1.82, 2.24) is 4.98 Å². The molecule has 1 aliphatic rings. The minimum atomic E-state index is 0.0425. The molecular weight excluding hydrogens is 319 g/mol. The summed E-state index contributed by atoms with van der Waals surface area (Å²) >= 11 is 18.1. The van der Waals surface area contributed by atoms with Crippen LogP contribution in [-0.2, 0) is 0 Å². The van der Waals surface area contributed by atoms with Gasteiger partial charge in [-0.1, -0.05) is 40.9 Å². The van der Waals surface area contributed by atoms with Gasteiger partial charge in [-0.15, -0.1) is 0 Å². The Morgan fingerprint density at radius 3 is 2.85 bits per heavy atom. The molecule has 6 heteroatoms. The molecule has 0 saturated carbocycles. The van der Waals surface area contributed by atoms with Crippen molar-refractivity contribution in [2.75, 3.05) is 11.9 Å². The average molecular weight is 330 g/mol. The van der Waals surface area contributed by atoms with Crippen molar-refractivity contribution in [3.63, 3.8) is 0 Å². The Balaban J connectivity index is 1.94. The Labute approximate surface area is 131 Å². The zero-order chi connectivity index (χ0) is 14.1. The predicted octanol–water partition coefficient (Wildman–Crippen LogP) is 4.98. The first-order valence-corrected chi connectivity index (χ1v) is 7.28. The highest BCUT2D eigenvalue weighted by Gasteiger charge is 2.24. The number of benzene rings is 1. The summed E-state index contributed by atoms with van der Waals surface area (Å²) in [7, 11) is 0. The Kier molecular flexibility index (Phi) is 3.92. The number of aromatic nitrogens is 1. The fourth-order valence-corrected chi connectivity index (χ4v) is 2.97. The molecular formula is C14H11Cl3N2O. The topological polar surface area (TPSA) is 34.2 Å². The van der Waals surface area contributed by atoms with Crippen molar-refractivity contribution < 1.29 is 4.74 Å². The number of halogens is 3. The summed E-state index contributed by atoms with van der Waals surface area (Å²) in [5.74, 6) is 1.40. The van der Waals surface area contributed by atoms with Crippen LogP contribution < -0.4 is 10.1 Å². The number of hydrogen-bond acceptors (Lipinski definition) is 3. The van der Waals surface area contributed by atoms with E-state index in [9.17, 15) is 0 Å². The summed E-state index contributed by atoms with van der Waals surface area (Å²) in [5.41, 5.74) is 0.940. The molecule has 1 aromatic carbocycles. The van der Waals surface area contributed by atoms with Crippen molar-refractivity contribution in [1.29, 1.82) is 0 Å². The number of anilines is 1. The standard InChI is InChI=1S/C14H11Cl3N2O/c15-8-6-9-11(4-5-20-14(9)10(16)7-8)18-13-3-1-2-12(17)19-13/h1-3,6-7,11H,4-5H2,(H,18,19). The summed E-state index contributed by atoms with van der Waals surface area (Å²) in [5, 5.41) is 4.90. The third kappa shape index (κ3) is 2.80. The molecule has 1 unspecified atom stereocenters. The van der Waals surface area contributed by atoms with E-state index in [0.717, 1.165) is 12.0 Å².